The fourth-order valence-electron chi connectivity index (χ4n) is 3.14. The number of amides is 2. The zero-order valence-electron chi connectivity index (χ0n) is 12.5. The maximum absolute atomic E-state index is 12.6. The summed E-state index contributed by atoms with van der Waals surface area (Å²) < 4.78 is 0. The molecule has 6 N–H and O–H groups in total. The molecule has 3 unspecified atom stereocenters. The SMILES string of the molecule is NCCNc1cccc2c1C(O)N(C1CCC(O)NC1=O)C2=O. The van der Waals surface area contributed by atoms with E-state index in [1.807, 2.05) is 0 Å². The summed E-state index contributed by atoms with van der Waals surface area (Å²) in [5.41, 5.74) is 6.95. The molecule has 0 bridgehead atoms. The Balaban J connectivity index is 1.91. The largest absolute Gasteiger partial charge is 0.383 e. The van der Waals surface area contributed by atoms with Gasteiger partial charge in [0.15, 0.2) is 6.23 Å². The average molecular weight is 320 g/mol. The van der Waals surface area contributed by atoms with Crippen molar-refractivity contribution in [2.75, 3.05) is 18.4 Å². The van der Waals surface area contributed by atoms with Gasteiger partial charge < -0.3 is 26.6 Å². The highest BCUT2D eigenvalue weighted by Gasteiger charge is 2.45. The maximum atomic E-state index is 12.6. The van der Waals surface area contributed by atoms with Crippen molar-refractivity contribution < 1.29 is 19.8 Å². The number of hydrogen-bond acceptors (Lipinski definition) is 6. The number of carbonyl (C=O) groups is 2. The number of hydrogen-bond donors (Lipinski definition) is 5. The van der Waals surface area contributed by atoms with Crippen LogP contribution in [0, 0.1) is 0 Å². The molecular weight excluding hydrogens is 300 g/mol. The Morgan fingerprint density at radius 3 is 2.78 bits per heavy atom. The molecule has 1 aromatic carbocycles. The number of nitrogens with one attached hydrogen (secondary N) is 2. The van der Waals surface area contributed by atoms with Crippen LogP contribution in [-0.2, 0) is 4.79 Å². The summed E-state index contributed by atoms with van der Waals surface area (Å²) in [5, 5.41) is 25.6. The first kappa shape index (κ1) is 15.7. The van der Waals surface area contributed by atoms with E-state index in [1.165, 1.54) is 4.90 Å². The molecule has 2 amide bonds. The van der Waals surface area contributed by atoms with E-state index in [9.17, 15) is 19.8 Å². The summed E-state index contributed by atoms with van der Waals surface area (Å²) in [7, 11) is 0. The lowest BCUT2D eigenvalue weighted by molar-refractivity contribution is -0.136. The van der Waals surface area contributed by atoms with Gasteiger partial charge in [-0.25, -0.2) is 0 Å². The summed E-state index contributed by atoms with van der Waals surface area (Å²) >= 11 is 0. The second-order valence-corrected chi connectivity index (χ2v) is 5.69. The van der Waals surface area contributed by atoms with Crippen molar-refractivity contribution in [3.8, 4) is 0 Å². The minimum absolute atomic E-state index is 0.301. The number of fused-ring (bicyclic) bond motifs is 1. The highest BCUT2D eigenvalue weighted by atomic mass is 16.3. The zero-order valence-corrected chi connectivity index (χ0v) is 12.5. The standard InChI is InChI=1S/C15H20N4O4/c16-6-7-17-9-3-1-2-8-12(9)15(23)19(14(8)22)10-4-5-11(20)18-13(10)21/h1-3,10-11,15,17,20,23H,4-7,16H2,(H,18,21). The Bertz CT molecular complexity index is 636. The third kappa shape index (κ3) is 2.65. The van der Waals surface area contributed by atoms with E-state index < -0.39 is 24.4 Å². The number of aliphatic hydroxyl groups is 2. The third-order valence-corrected chi connectivity index (χ3v) is 4.21. The van der Waals surface area contributed by atoms with Crippen molar-refractivity contribution in [1.29, 1.82) is 0 Å². The molecule has 8 nitrogen and oxygen atoms in total. The Labute approximate surface area is 133 Å². The molecule has 2 aliphatic rings. The van der Waals surface area contributed by atoms with Crippen LogP contribution >= 0.6 is 0 Å². The molecular formula is C15H20N4O4. The van der Waals surface area contributed by atoms with Crippen LogP contribution in [0.25, 0.3) is 0 Å². The predicted octanol–water partition coefficient (Wildman–Crippen LogP) is -0.899. The normalized spacial score (nSPS) is 26.9. The Morgan fingerprint density at radius 1 is 1.30 bits per heavy atom. The molecule has 1 saturated heterocycles. The number of benzene rings is 1. The molecule has 124 valence electrons. The number of nitrogens with zero attached hydrogens (tertiary/aromatic N) is 1. The smallest absolute Gasteiger partial charge is 0.257 e. The first-order valence-electron chi connectivity index (χ1n) is 7.60. The highest BCUT2D eigenvalue weighted by molar-refractivity contribution is 6.03. The molecule has 1 fully saturated rings. The Kier molecular flexibility index (Phi) is 4.20. The molecule has 2 heterocycles. The quantitative estimate of drug-likeness (QED) is 0.489. The monoisotopic (exact) mass is 320 g/mol. The number of piperidine rings is 1. The molecule has 2 aliphatic heterocycles. The van der Waals surface area contributed by atoms with Crippen molar-refractivity contribution >= 4 is 17.5 Å². The van der Waals surface area contributed by atoms with Crippen LogP contribution in [0.1, 0.15) is 35.0 Å². The summed E-state index contributed by atoms with van der Waals surface area (Å²) in [6, 6.07) is 4.32. The molecule has 3 atom stereocenters. The molecule has 0 aliphatic carbocycles. The summed E-state index contributed by atoms with van der Waals surface area (Å²) in [4.78, 5) is 25.9. The molecule has 1 aromatic rings. The number of carbonyl (C=O) groups excluding carboxylic acids is 2. The average Bonchev–Trinajstić information content (AvgIpc) is 2.78. The van der Waals surface area contributed by atoms with Crippen LogP contribution in [0.2, 0.25) is 0 Å². The van der Waals surface area contributed by atoms with Gasteiger partial charge in [-0.2, -0.15) is 0 Å². The van der Waals surface area contributed by atoms with E-state index in [4.69, 9.17) is 5.73 Å². The summed E-state index contributed by atoms with van der Waals surface area (Å²) in [6.45, 7) is 0.924. The topological polar surface area (TPSA) is 128 Å². The second-order valence-electron chi connectivity index (χ2n) is 5.69. The number of aliphatic hydroxyl groups excluding tert-OH is 2. The van der Waals surface area contributed by atoms with Gasteiger partial charge in [-0.05, 0) is 25.0 Å². The van der Waals surface area contributed by atoms with E-state index in [0.29, 0.717) is 42.7 Å². The van der Waals surface area contributed by atoms with E-state index in [2.05, 4.69) is 10.6 Å². The minimum atomic E-state index is -1.20. The molecule has 0 aromatic heterocycles. The lowest BCUT2D eigenvalue weighted by atomic mass is 10.0. The van der Waals surface area contributed by atoms with Gasteiger partial charge in [0, 0.05) is 29.9 Å². The van der Waals surface area contributed by atoms with Crippen LogP contribution in [-0.4, -0.2) is 52.3 Å². The van der Waals surface area contributed by atoms with E-state index in [-0.39, 0.29) is 5.91 Å². The summed E-state index contributed by atoms with van der Waals surface area (Å²) in [5.74, 6) is -0.846. The third-order valence-electron chi connectivity index (χ3n) is 4.21. The van der Waals surface area contributed by atoms with Crippen LogP contribution < -0.4 is 16.4 Å². The van der Waals surface area contributed by atoms with Crippen LogP contribution in [0.5, 0.6) is 0 Å². The van der Waals surface area contributed by atoms with E-state index in [0.717, 1.165) is 0 Å². The van der Waals surface area contributed by atoms with Crippen LogP contribution in [0.3, 0.4) is 0 Å². The van der Waals surface area contributed by atoms with Crippen molar-refractivity contribution in [1.82, 2.24) is 10.2 Å². The molecule has 23 heavy (non-hydrogen) atoms. The van der Waals surface area contributed by atoms with Crippen molar-refractivity contribution in [2.45, 2.75) is 31.3 Å². The second kappa shape index (κ2) is 6.15. The molecule has 8 heteroatoms. The van der Waals surface area contributed by atoms with Gasteiger partial charge >= 0.3 is 0 Å². The predicted molar refractivity (Wildman–Crippen MR) is 82.3 cm³/mol. The lowest BCUT2D eigenvalue weighted by Crippen LogP contribution is -2.55. The minimum Gasteiger partial charge on any atom is -0.383 e. The van der Waals surface area contributed by atoms with Gasteiger partial charge in [0.1, 0.15) is 12.3 Å². The number of anilines is 1. The van der Waals surface area contributed by atoms with Gasteiger partial charge in [0.2, 0.25) is 5.91 Å². The van der Waals surface area contributed by atoms with Gasteiger partial charge in [0.05, 0.1) is 0 Å². The van der Waals surface area contributed by atoms with Gasteiger partial charge in [-0.1, -0.05) is 6.07 Å². The maximum Gasteiger partial charge on any atom is 0.257 e. The lowest BCUT2D eigenvalue weighted by Gasteiger charge is -2.34. The van der Waals surface area contributed by atoms with Gasteiger partial charge in [0.25, 0.3) is 5.91 Å². The highest BCUT2D eigenvalue weighted by Crippen LogP contribution is 2.39. The first-order chi connectivity index (χ1) is 11.0. The fraction of sp³-hybridized carbons (Fsp3) is 0.467. The zero-order chi connectivity index (χ0) is 16.6. The van der Waals surface area contributed by atoms with Gasteiger partial charge in [-0.3, -0.25) is 14.5 Å². The molecule has 0 saturated carbocycles. The van der Waals surface area contributed by atoms with Crippen molar-refractivity contribution in [3.63, 3.8) is 0 Å². The van der Waals surface area contributed by atoms with Crippen molar-refractivity contribution in [2.24, 2.45) is 5.73 Å². The molecule has 0 radical (unpaired) electrons. The van der Waals surface area contributed by atoms with Gasteiger partial charge in [-0.15, -0.1) is 0 Å². The van der Waals surface area contributed by atoms with E-state index >= 15 is 0 Å². The van der Waals surface area contributed by atoms with Crippen LogP contribution in [0.15, 0.2) is 18.2 Å². The molecule has 0 spiro atoms. The number of rotatable bonds is 4. The first-order valence-corrected chi connectivity index (χ1v) is 7.60. The van der Waals surface area contributed by atoms with Crippen LogP contribution in [0.4, 0.5) is 5.69 Å². The Hall–Kier alpha value is -2.16. The van der Waals surface area contributed by atoms with E-state index in [1.54, 1.807) is 18.2 Å². The Morgan fingerprint density at radius 2 is 2.09 bits per heavy atom. The molecule has 3 rings (SSSR count). The fourth-order valence-corrected chi connectivity index (χ4v) is 3.14. The number of nitrogens with two attached hydrogens (primary N) is 1. The van der Waals surface area contributed by atoms with Crippen molar-refractivity contribution in [3.05, 3.63) is 29.3 Å². The summed E-state index contributed by atoms with van der Waals surface area (Å²) in [6.07, 6.45) is -1.47.